The van der Waals surface area contributed by atoms with Crippen LogP contribution in [0, 0.1) is 0 Å². The summed E-state index contributed by atoms with van der Waals surface area (Å²) in [6, 6.07) is -0.0301. The number of rotatable bonds is 7. The Kier molecular flexibility index (Phi) is 8.07. The van der Waals surface area contributed by atoms with Crippen molar-refractivity contribution in [2.24, 2.45) is 0 Å². The summed E-state index contributed by atoms with van der Waals surface area (Å²) < 4.78 is 0. The van der Waals surface area contributed by atoms with Crippen molar-refractivity contribution in [3.05, 3.63) is 0 Å². The van der Waals surface area contributed by atoms with E-state index in [0.29, 0.717) is 0 Å². The summed E-state index contributed by atoms with van der Waals surface area (Å²) >= 11 is 0. The Morgan fingerprint density at radius 2 is 1.79 bits per heavy atom. The van der Waals surface area contributed by atoms with Crippen LogP contribution in [-0.4, -0.2) is 62.0 Å². The van der Waals surface area contributed by atoms with Crippen molar-refractivity contribution in [1.29, 1.82) is 0 Å². The van der Waals surface area contributed by atoms with E-state index in [1.54, 1.807) is 0 Å². The van der Waals surface area contributed by atoms with E-state index in [0.717, 1.165) is 32.6 Å². The fourth-order valence-corrected chi connectivity index (χ4v) is 2.52. The molecular formula is C15H31N3O. The van der Waals surface area contributed by atoms with E-state index in [9.17, 15) is 4.79 Å². The van der Waals surface area contributed by atoms with Gasteiger partial charge in [0.2, 0.25) is 5.91 Å². The first-order chi connectivity index (χ1) is 9.11. The minimum atomic E-state index is -0.0301. The summed E-state index contributed by atoms with van der Waals surface area (Å²) in [5.74, 6) is 0.287. The number of amides is 1. The van der Waals surface area contributed by atoms with E-state index < -0.39 is 0 Å². The van der Waals surface area contributed by atoms with Crippen LogP contribution < -0.4 is 5.32 Å². The quantitative estimate of drug-likeness (QED) is 0.715. The van der Waals surface area contributed by atoms with Crippen LogP contribution in [0.25, 0.3) is 0 Å². The van der Waals surface area contributed by atoms with Gasteiger partial charge in [0.15, 0.2) is 0 Å². The smallest absolute Gasteiger partial charge is 0.239 e. The maximum atomic E-state index is 12.3. The summed E-state index contributed by atoms with van der Waals surface area (Å²) in [4.78, 5) is 16.5. The number of carbonyl (C=O) groups is 1. The largest absolute Gasteiger partial charge is 0.341 e. The second kappa shape index (κ2) is 9.32. The van der Waals surface area contributed by atoms with Crippen LogP contribution in [0.15, 0.2) is 0 Å². The van der Waals surface area contributed by atoms with Gasteiger partial charge in [-0.25, -0.2) is 0 Å². The van der Waals surface area contributed by atoms with Gasteiger partial charge in [-0.2, -0.15) is 0 Å². The maximum absolute atomic E-state index is 12.3. The minimum Gasteiger partial charge on any atom is -0.341 e. The van der Waals surface area contributed by atoms with Crippen molar-refractivity contribution in [1.82, 2.24) is 15.1 Å². The average Bonchev–Trinajstić information content (AvgIpc) is 2.65. The molecule has 0 spiro atoms. The minimum absolute atomic E-state index is 0.0301. The molecule has 1 aliphatic rings. The number of hydrogen-bond acceptors (Lipinski definition) is 3. The molecule has 4 nitrogen and oxygen atoms in total. The lowest BCUT2D eigenvalue weighted by Crippen LogP contribution is -2.45. The molecule has 1 N–H and O–H groups in total. The molecular weight excluding hydrogens is 238 g/mol. The van der Waals surface area contributed by atoms with Gasteiger partial charge in [0.1, 0.15) is 0 Å². The summed E-state index contributed by atoms with van der Waals surface area (Å²) in [6.07, 6.45) is 7.20. The maximum Gasteiger partial charge on any atom is 0.239 e. The van der Waals surface area contributed by atoms with Crippen LogP contribution in [0.4, 0.5) is 0 Å². The Hall–Kier alpha value is -0.610. The number of nitrogens with one attached hydrogen (secondary N) is 1. The molecule has 112 valence electrons. The summed E-state index contributed by atoms with van der Waals surface area (Å²) in [7, 11) is 4.19. The van der Waals surface area contributed by atoms with Crippen LogP contribution in [-0.2, 0) is 4.79 Å². The molecule has 1 saturated heterocycles. The van der Waals surface area contributed by atoms with Gasteiger partial charge in [-0.3, -0.25) is 4.79 Å². The number of nitrogens with zero attached hydrogens (tertiary/aromatic N) is 2. The Balaban J connectivity index is 2.16. The van der Waals surface area contributed by atoms with Gasteiger partial charge >= 0.3 is 0 Å². The molecule has 1 aliphatic heterocycles. The van der Waals surface area contributed by atoms with Gasteiger partial charge in [-0.05, 0) is 59.8 Å². The highest BCUT2D eigenvalue weighted by Crippen LogP contribution is 2.10. The Bertz CT molecular complexity index is 248. The molecule has 19 heavy (non-hydrogen) atoms. The van der Waals surface area contributed by atoms with Crippen LogP contribution in [0.3, 0.4) is 0 Å². The number of carbonyl (C=O) groups excluding carboxylic acids is 1. The molecule has 0 radical (unpaired) electrons. The highest BCUT2D eigenvalue weighted by atomic mass is 16.2. The highest BCUT2D eigenvalue weighted by Gasteiger charge is 2.20. The van der Waals surface area contributed by atoms with Crippen LogP contribution in [0.5, 0.6) is 0 Å². The lowest BCUT2D eigenvalue weighted by molar-refractivity contribution is -0.133. The lowest BCUT2D eigenvalue weighted by atomic mass is 10.2. The molecule has 1 rings (SSSR count). The SMILES string of the molecule is CC(NCCCCN(C)C)C(=O)N1CCCCCC1. The van der Waals surface area contributed by atoms with Gasteiger partial charge < -0.3 is 15.1 Å². The normalized spacial score (nSPS) is 18.4. The zero-order valence-corrected chi connectivity index (χ0v) is 13.0. The second-order valence-corrected chi connectivity index (χ2v) is 5.93. The summed E-state index contributed by atoms with van der Waals surface area (Å²) in [5, 5.41) is 3.36. The number of unbranched alkanes of at least 4 members (excludes halogenated alkanes) is 1. The van der Waals surface area contributed by atoms with Gasteiger partial charge in [0, 0.05) is 13.1 Å². The van der Waals surface area contributed by atoms with E-state index in [1.165, 1.54) is 32.1 Å². The van der Waals surface area contributed by atoms with Crippen LogP contribution >= 0.6 is 0 Å². The zero-order valence-electron chi connectivity index (χ0n) is 13.0. The molecule has 0 bridgehead atoms. The molecule has 0 aromatic rings. The molecule has 1 fully saturated rings. The van der Waals surface area contributed by atoms with Crippen LogP contribution in [0.2, 0.25) is 0 Å². The van der Waals surface area contributed by atoms with Gasteiger partial charge in [-0.1, -0.05) is 12.8 Å². The predicted molar refractivity (Wildman–Crippen MR) is 80.3 cm³/mol. The first-order valence-electron chi connectivity index (χ1n) is 7.78. The Morgan fingerprint density at radius 3 is 2.37 bits per heavy atom. The van der Waals surface area contributed by atoms with E-state index in [2.05, 4.69) is 24.3 Å². The molecule has 4 heteroatoms. The van der Waals surface area contributed by atoms with E-state index in [4.69, 9.17) is 0 Å². The molecule has 0 saturated carbocycles. The summed E-state index contributed by atoms with van der Waals surface area (Å²) in [5.41, 5.74) is 0. The average molecular weight is 269 g/mol. The predicted octanol–water partition coefficient (Wildman–Crippen LogP) is 1.71. The number of hydrogen-bond donors (Lipinski definition) is 1. The van der Waals surface area contributed by atoms with Gasteiger partial charge in [0.05, 0.1) is 6.04 Å². The fraction of sp³-hybridized carbons (Fsp3) is 0.933. The van der Waals surface area contributed by atoms with Crippen molar-refractivity contribution >= 4 is 5.91 Å². The molecule has 1 atom stereocenters. The third-order valence-electron chi connectivity index (χ3n) is 3.77. The molecule has 1 heterocycles. The van der Waals surface area contributed by atoms with Crippen molar-refractivity contribution in [3.63, 3.8) is 0 Å². The second-order valence-electron chi connectivity index (χ2n) is 5.93. The summed E-state index contributed by atoms with van der Waals surface area (Å²) in [6.45, 7) is 5.96. The molecule has 1 unspecified atom stereocenters. The molecule has 0 aromatic heterocycles. The Morgan fingerprint density at radius 1 is 1.16 bits per heavy atom. The monoisotopic (exact) mass is 269 g/mol. The fourth-order valence-electron chi connectivity index (χ4n) is 2.52. The standard InChI is InChI=1S/C15H31N3O/c1-14(16-10-6-9-11-17(2)3)15(19)18-12-7-4-5-8-13-18/h14,16H,4-13H2,1-3H3. The van der Waals surface area contributed by atoms with E-state index in [1.807, 2.05) is 11.8 Å². The van der Waals surface area contributed by atoms with Gasteiger partial charge in [0.25, 0.3) is 0 Å². The van der Waals surface area contributed by atoms with Crippen molar-refractivity contribution in [2.45, 2.75) is 51.5 Å². The third kappa shape index (κ3) is 6.92. The van der Waals surface area contributed by atoms with E-state index >= 15 is 0 Å². The molecule has 0 aromatic carbocycles. The first-order valence-corrected chi connectivity index (χ1v) is 7.78. The van der Waals surface area contributed by atoms with Crippen molar-refractivity contribution < 1.29 is 4.79 Å². The zero-order chi connectivity index (χ0) is 14.1. The Labute approximate surface area is 118 Å². The topological polar surface area (TPSA) is 35.6 Å². The molecule has 0 aliphatic carbocycles. The van der Waals surface area contributed by atoms with Crippen LogP contribution in [0.1, 0.15) is 45.4 Å². The van der Waals surface area contributed by atoms with Crippen molar-refractivity contribution in [2.75, 3.05) is 40.3 Å². The first kappa shape index (κ1) is 16.4. The van der Waals surface area contributed by atoms with E-state index in [-0.39, 0.29) is 11.9 Å². The van der Waals surface area contributed by atoms with Crippen molar-refractivity contribution in [3.8, 4) is 0 Å². The highest BCUT2D eigenvalue weighted by molar-refractivity contribution is 5.81. The third-order valence-corrected chi connectivity index (χ3v) is 3.77. The lowest BCUT2D eigenvalue weighted by Gasteiger charge is -2.24. The van der Waals surface area contributed by atoms with Gasteiger partial charge in [-0.15, -0.1) is 0 Å². The molecule has 1 amide bonds. The number of likely N-dealkylation sites (tertiary alicyclic amines) is 1.